The van der Waals surface area contributed by atoms with Gasteiger partial charge in [-0.25, -0.2) is 0 Å². The molecule has 2 N–H and O–H groups in total. The van der Waals surface area contributed by atoms with E-state index >= 15 is 0 Å². The average molecular weight is 231 g/mol. The second-order valence-corrected chi connectivity index (χ2v) is 7.07. The Labute approximate surface area is 77.8 Å². The van der Waals surface area contributed by atoms with Gasteiger partial charge in [0.2, 0.25) is 7.37 Å². The molecular weight excluding hydrogens is 217 g/mol. The van der Waals surface area contributed by atoms with E-state index in [2.05, 4.69) is 0 Å². The van der Waals surface area contributed by atoms with Crippen LogP contribution in [0.5, 0.6) is 0 Å². The maximum atomic E-state index is 11.2. The molecule has 1 atom stereocenters. The van der Waals surface area contributed by atoms with Crippen LogP contribution in [0, 0.1) is 0 Å². The Bertz CT molecular complexity index is 298. The second kappa shape index (κ2) is 4.52. The van der Waals surface area contributed by atoms with Gasteiger partial charge in [0, 0.05) is 6.16 Å². The summed E-state index contributed by atoms with van der Waals surface area (Å²) in [5, 5.41) is 0. The highest BCUT2D eigenvalue weighted by Crippen LogP contribution is 2.40. The van der Waals surface area contributed by atoms with Crippen molar-refractivity contribution in [3.8, 4) is 0 Å². The van der Waals surface area contributed by atoms with Crippen LogP contribution in [-0.4, -0.2) is 55.1 Å². The largest absolute Gasteiger partial charge is 0.343 e. The molecule has 0 aliphatic rings. The van der Waals surface area contributed by atoms with Crippen LogP contribution in [0.2, 0.25) is 0 Å². The fourth-order valence-electron chi connectivity index (χ4n) is 0.771. The van der Waals surface area contributed by atoms with E-state index in [1.807, 2.05) is 0 Å². The molecule has 0 saturated heterocycles. The average Bonchev–Trinajstić information content (AvgIpc) is 1.79. The maximum absolute atomic E-state index is 11.2. The molecule has 0 aromatic carbocycles. The van der Waals surface area contributed by atoms with Crippen molar-refractivity contribution in [3.63, 3.8) is 0 Å². The van der Waals surface area contributed by atoms with Gasteiger partial charge in [-0.15, -0.1) is 0 Å². The predicted molar refractivity (Wildman–Crippen MR) is 49.7 cm³/mol. The highest BCUT2D eigenvalue weighted by atomic mass is 32.2. The zero-order valence-electron chi connectivity index (χ0n) is 7.54. The van der Waals surface area contributed by atoms with Crippen LogP contribution in [-0.2, 0) is 14.7 Å². The lowest BCUT2D eigenvalue weighted by molar-refractivity contribution is 0.414. The summed E-state index contributed by atoms with van der Waals surface area (Å²) in [5.74, 6) is -0.672. The van der Waals surface area contributed by atoms with Crippen LogP contribution >= 0.6 is 7.37 Å². The van der Waals surface area contributed by atoms with Gasteiger partial charge < -0.3 is 9.79 Å². The molecule has 8 heteroatoms. The molecule has 0 aliphatic heterocycles. The van der Waals surface area contributed by atoms with Crippen LogP contribution < -0.4 is 0 Å². The summed E-state index contributed by atoms with van der Waals surface area (Å²) in [6, 6.07) is 0. The third-order valence-corrected chi connectivity index (χ3v) is 4.16. The highest BCUT2D eigenvalue weighted by molar-refractivity contribution is 7.86. The van der Waals surface area contributed by atoms with Crippen molar-refractivity contribution < 1.29 is 22.4 Å². The summed E-state index contributed by atoms with van der Waals surface area (Å²) >= 11 is 0. The van der Waals surface area contributed by atoms with Crippen LogP contribution in [0.3, 0.4) is 0 Å². The molecule has 1 unspecified atom stereocenters. The van der Waals surface area contributed by atoms with Crippen molar-refractivity contribution in [3.05, 3.63) is 0 Å². The molecule has 0 fully saturated rings. The standard InChI is InChI=1S/C5H14NO5PS/c1-6(2)5-12(7,8)3-4-13(9,10)11/h3-5H2,1-2H3,(H,7,8)(H,9,10,11). The van der Waals surface area contributed by atoms with Gasteiger partial charge in [-0.2, -0.15) is 8.42 Å². The van der Waals surface area contributed by atoms with E-state index in [1.54, 1.807) is 14.1 Å². The van der Waals surface area contributed by atoms with Crippen molar-refractivity contribution in [1.82, 2.24) is 4.90 Å². The summed E-state index contributed by atoms with van der Waals surface area (Å²) in [6.07, 6.45) is -0.494. The molecule has 13 heavy (non-hydrogen) atoms. The minimum absolute atomic E-state index is 0.0808. The first-order valence-corrected chi connectivity index (χ1v) is 7.17. The zero-order chi connectivity index (χ0) is 10.7. The molecule has 0 aromatic heterocycles. The van der Waals surface area contributed by atoms with E-state index in [-0.39, 0.29) is 6.29 Å². The van der Waals surface area contributed by atoms with Crippen LogP contribution in [0.15, 0.2) is 0 Å². The summed E-state index contributed by atoms with van der Waals surface area (Å²) in [5.41, 5.74) is 0. The quantitative estimate of drug-likeness (QED) is 0.496. The van der Waals surface area contributed by atoms with Gasteiger partial charge in [0.05, 0.1) is 12.0 Å². The Hall–Kier alpha value is 0.0600. The smallest absolute Gasteiger partial charge is 0.265 e. The molecule has 0 rings (SSSR count). The van der Waals surface area contributed by atoms with E-state index < -0.39 is 29.4 Å². The Morgan fingerprint density at radius 3 is 2.15 bits per heavy atom. The van der Waals surface area contributed by atoms with E-state index in [0.29, 0.717) is 0 Å². The van der Waals surface area contributed by atoms with Crippen molar-refractivity contribution >= 4 is 17.5 Å². The molecule has 0 bridgehead atoms. The van der Waals surface area contributed by atoms with E-state index in [9.17, 15) is 17.9 Å². The van der Waals surface area contributed by atoms with Crippen molar-refractivity contribution in [2.75, 3.05) is 32.3 Å². The number of nitrogens with zero attached hydrogens (tertiary/aromatic N) is 1. The number of hydrogen-bond donors (Lipinski definition) is 2. The summed E-state index contributed by atoms with van der Waals surface area (Å²) in [7, 11) is -4.39. The topological polar surface area (TPSA) is 94.9 Å². The minimum Gasteiger partial charge on any atom is -0.343 e. The Morgan fingerprint density at radius 1 is 1.38 bits per heavy atom. The Morgan fingerprint density at radius 2 is 1.85 bits per heavy atom. The highest BCUT2D eigenvalue weighted by Gasteiger charge is 2.21. The minimum atomic E-state index is -4.14. The van der Waals surface area contributed by atoms with Gasteiger partial charge in [0.1, 0.15) is 0 Å². The first-order chi connectivity index (χ1) is 5.62. The van der Waals surface area contributed by atoms with Gasteiger partial charge in [-0.1, -0.05) is 0 Å². The van der Waals surface area contributed by atoms with Crippen molar-refractivity contribution in [1.29, 1.82) is 0 Å². The molecule has 0 heterocycles. The van der Waals surface area contributed by atoms with Gasteiger partial charge in [-0.05, 0) is 14.1 Å². The Balaban J connectivity index is 4.13. The van der Waals surface area contributed by atoms with E-state index in [0.717, 1.165) is 0 Å². The van der Waals surface area contributed by atoms with Gasteiger partial charge in [0.25, 0.3) is 10.1 Å². The molecule has 0 radical (unpaired) electrons. The van der Waals surface area contributed by atoms with Crippen LogP contribution in [0.25, 0.3) is 0 Å². The van der Waals surface area contributed by atoms with Crippen LogP contribution in [0.1, 0.15) is 0 Å². The molecule has 0 aromatic rings. The molecule has 6 nitrogen and oxygen atoms in total. The predicted octanol–water partition coefficient (Wildman–Crippen LogP) is -0.336. The maximum Gasteiger partial charge on any atom is 0.265 e. The van der Waals surface area contributed by atoms with Gasteiger partial charge in [-0.3, -0.25) is 9.12 Å². The molecule has 0 saturated carbocycles. The summed E-state index contributed by atoms with van der Waals surface area (Å²) in [6.45, 7) is 0. The third kappa shape index (κ3) is 8.39. The summed E-state index contributed by atoms with van der Waals surface area (Å²) in [4.78, 5) is 10.7. The molecule has 0 aliphatic carbocycles. The first kappa shape index (κ1) is 13.1. The normalized spacial score (nSPS) is 17.3. The molecular formula is C5H14NO5PS. The lowest BCUT2D eigenvalue weighted by Crippen LogP contribution is -2.17. The van der Waals surface area contributed by atoms with Crippen LogP contribution in [0.4, 0.5) is 0 Å². The van der Waals surface area contributed by atoms with Crippen molar-refractivity contribution in [2.24, 2.45) is 0 Å². The zero-order valence-corrected chi connectivity index (χ0v) is 9.25. The third-order valence-electron chi connectivity index (χ3n) is 1.20. The van der Waals surface area contributed by atoms with Crippen molar-refractivity contribution in [2.45, 2.75) is 0 Å². The fourth-order valence-corrected chi connectivity index (χ4v) is 3.86. The number of hydrogen-bond acceptors (Lipinski definition) is 4. The van der Waals surface area contributed by atoms with E-state index in [4.69, 9.17) is 4.55 Å². The van der Waals surface area contributed by atoms with Gasteiger partial charge >= 0.3 is 0 Å². The Kier molecular flexibility index (Phi) is 4.54. The number of rotatable bonds is 5. The second-order valence-electron chi connectivity index (χ2n) is 3.08. The van der Waals surface area contributed by atoms with E-state index in [1.165, 1.54) is 4.90 Å². The SMILES string of the molecule is CN(C)CP(=O)(O)CCS(=O)(=O)O. The lowest BCUT2D eigenvalue weighted by Gasteiger charge is -2.15. The molecule has 80 valence electrons. The summed E-state index contributed by atoms with van der Waals surface area (Å²) < 4.78 is 40.1. The monoisotopic (exact) mass is 231 g/mol. The van der Waals surface area contributed by atoms with Gasteiger partial charge in [0.15, 0.2) is 0 Å². The molecule has 0 spiro atoms. The first-order valence-electron chi connectivity index (χ1n) is 3.53. The lowest BCUT2D eigenvalue weighted by atomic mass is 11.0. The molecule has 0 amide bonds. The fraction of sp³-hybridized carbons (Fsp3) is 1.00.